The van der Waals surface area contributed by atoms with Crippen LogP contribution in [0.2, 0.25) is 0 Å². The van der Waals surface area contributed by atoms with E-state index in [-0.39, 0.29) is 5.41 Å². The minimum absolute atomic E-state index is 0.162. The van der Waals surface area contributed by atoms with Gasteiger partial charge in [0.15, 0.2) is 0 Å². The molecule has 1 heterocycles. The van der Waals surface area contributed by atoms with Crippen LogP contribution < -0.4 is 5.73 Å². The predicted molar refractivity (Wildman–Crippen MR) is 69.6 cm³/mol. The van der Waals surface area contributed by atoms with Crippen molar-refractivity contribution in [3.05, 3.63) is 35.5 Å². The molecule has 2 aromatic rings. The molecule has 1 aromatic carbocycles. The SMILES string of the molecule is Cc1[nH]c2ccccc2c1CC(C)(C)CN. The first-order chi connectivity index (χ1) is 7.53. The molecule has 86 valence electrons. The van der Waals surface area contributed by atoms with E-state index in [1.165, 1.54) is 22.2 Å². The van der Waals surface area contributed by atoms with Gasteiger partial charge in [0.2, 0.25) is 0 Å². The smallest absolute Gasteiger partial charge is 0.0458 e. The summed E-state index contributed by atoms with van der Waals surface area (Å²) >= 11 is 0. The van der Waals surface area contributed by atoms with Crippen molar-refractivity contribution in [3.8, 4) is 0 Å². The Bertz CT molecular complexity index is 494. The molecule has 0 radical (unpaired) electrons. The van der Waals surface area contributed by atoms with Crippen LogP contribution in [0.15, 0.2) is 24.3 Å². The van der Waals surface area contributed by atoms with Gasteiger partial charge in [-0.2, -0.15) is 0 Å². The second-order valence-electron chi connectivity index (χ2n) is 5.32. The maximum Gasteiger partial charge on any atom is 0.0458 e. The van der Waals surface area contributed by atoms with Gasteiger partial charge in [0.25, 0.3) is 0 Å². The molecule has 0 aliphatic carbocycles. The summed E-state index contributed by atoms with van der Waals surface area (Å²) in [6.45, 7) is 7.29. The van der Waals surface area contributed by atoms with E-state index in [0.29, 0.717) is 6.54 Å². The zero-order valence-corrected chi connectivity index (χ0v) is 10.3. The Hall–Kier alpha value is -1.28. The van der Waals surface area contributed by atoms with Gasteiger partial charge in [-0.15, -0.1) is 0 Å². The van der Waals surface area contributed by atoms with Gasteiger partial charge in [-0.05, 0) is 36.9 Å². The van der Waals surface area contributed by atoms with Gasteiger partial charge >= 0.3 is 0 Å². The highest BCUT2D eigenvalue weighted by Crippen LogP contribution is 2.28. The molecule has 0 unspecified atom stereocenters. The van der Waals surface area contributed by atoms with Crippen LogP contribution in [-0.2, 0) is 6.42 Å². The van der Waals surface area contributed by atoms with Crippen LogP contribution >= 0.6 is 0 Å². The molecule has 2 rings (SSSR count). The lowest BCUT2D eigenvalue weighted by atomic mass is 9.85. The van der Waals surface area contributed by atoms with E-state index < -0.39 is 0 Å². The third-order valence-corrected chi connectivity index (χ3v) is 3.23. The Morgan fingerprint density at radius 2 is 1.94 bits per heavy atom. The van der Waals surface area contributed by atoms with E-state index in [1.807, 2.05) is 0 Å². The molecule has 0 aliphatic rings. The third kappa shape index (κ3) is 1.98. The summed E-state index contributed by atoms with van der Waals surface area (Å²) in [6.07, 6.45) is 1.03. The zero-order chi connectivity index (χ0) is 11.8. The minimum atomic E-state index is 0.162. The maximum atomic E-state index is 5.81. The monoisotopic (exact) mass is 216 g/mol. The second-order valence-corrected chi connectivity index (χ2v) is 5.32. The molecule has 0 bridgehead atoms. The Balaban J connectivity index is 2.47. The van der Waals surface area contributed by atoms with E-state index in [1.54, 1.807) is 0 Å². The number of H-pyrrole nitrogens is 1. The van der Waals surface area contributed by atoms with E-state index >= 15 is 0 Å². The van der Waals surface area contributed by atoms with Crippen LogP contribution in [-0.4, -0.2) is 11.5 Å². The lowest BCUT2D eigenvalue weighted by molar-refractivity contribution is 0.377. The molecule has 0 saturated carbocycles. The molecule has 0 saturated heterocycles. The number of para-hydroxylation sites is 1. The largest absolute Gasteiger partial charge is 0.358 e. The third-order valence-electron chi connectivity index (χ3n) is 3.23. The number of hydrogen-bond acceptors (Lipinski definition) is 1. The first-order valence-corrected chi connectivity index (χ1v) is 5.80. The van der Waals surface area contributed by atoms with Crippen molar-refractivity contribution in [1.29, 1.82) is 0 Å². The molecule has 0 atom stereocenters. The van der Waals surface area contributed by atoms with Gasteiger partial charge < -0.3 is 10.7 Å². The van der Waals surface area contributed by atoms with Crippen LogP contribution in [0.5, 0.6) is 0 Å². The number of benzene rings is 1. The van der Waals surface area contributed by atoms with Crippen molar-refractivity contribution in [3.63, 3.8) is 0 Å². The number of aromatic amines is 1. The van der Waals surface area contributed by atoms with E-state index in [4.69, 9.17) is 5.73 Å². The van der Waals surface area contributed by atoms with E-state index in [9.17, 15) is 0 Å². The van der Waals surface area contributed by atoms with Crippen molar-refractivity contribution in [1.82, 2.24) is 4.98 Å². The second kappa shape index (κ2) is 3.95. The molecule has 0 aliphatic heterocycles. The lowest BCUT2D eigenvalue weighted by Gasteiger charge is -2.22. The number of aryl methyl sites for hydroxylation is 1. The Labute approximate surface area is 96.9 Å². The molecule has 0 spiro atoms. The maximum absolute atomic E-state index is 5.81. The van der Waals surface area contributed by atoms with Crippen LogP contribution in [0.4, 0.5) is 0 Å². The van der Waals surface area contributed by atoms with Crippen molar-refractivity contribution in [2.75, 3.05) is 6.54 Å². The first kappa shape index (κ1) is 11.2. The molecule has 2 nitrogen and oxygen atoms in total. The van der Waals surface area contributed by atoms with Crippen molar-refractivity contribution >= 4 is 10.9 Å². The van der Waals surface area contributed by atoms with Crippen molar-refractivity contribution in [2.45, 2.75) is 27.2 Å². The fraction of sp³-hybridized carbons (Fsp3) is 0.429. The topological polar surface area (TPSA) is 41.8 Å². The lowest BCUT2D eigenvalue weighted by Crippen LogP contribution is -2.26. The Morgan fingerprint density at radius 3 is 2.62 bits per heavy atom. The fourth-order valence-corrected chi connectivity index (χ4v) is 2.11. The summed E-state index contributed by atoms with van der Waals surface area (Å²) in [5.74, 6) is 0. The van der Waals surface area contributed by atoms with Gasteiger partial charge in [0.1, 0.15) is 0 Å². The summed E-state index contributed by atoms with van der Waals surface area (Å²) in [5.41, 5.74) is 9.87. The fourth-order valence-electron chi connectivity index (χ4n) is 2.11. The first-order valence-electron chi connectivity index (χ1n) is 5.80. The van der Waals surface area contributed by atoms with Gasteiger partial charge in [0.05, 0.1) is 0 Å². The van der Waals surface area contributed by atoms with Gasteiger partial charge in [-0.25, -0.2) is 0 Å². The number of nitrogens with one attached hydrogen (secondary N) is 1. The highest BCUT2D eigenvalue weighted by atomic mass is 14.7. The Kier molecular flexibility index (Phi) is 2.76. The quantitative estimate of drug-likeness (QED) is 0.813. The summed E-state index contributed by atoms with van der Waals surface area (Å²) < 4.78 is 0. The van der Waals surface area contributed by atoms with Gasteiger partial charge in [0, 0.05) is 16.6 Å². The minimum Gasteiger partial charge on any atom is -0.358 e. The summed E-state index contributed by atoms with van der Waals surface area (Å²) in [5, 5.41) is 1.33. The average Bonchev–Trinajstić information content (AvgIpc) is 2.56. The number of hydrogen-bond donors (Lipinski definition) is 2. The normalized spacial score (nSPS) is 12.2. The average molecular weight is 216 g/mol. The standard InChI is InChI=1S/C14H20N2/c1-10-12(8-14(2,3)9-15)11-6-4-5-7-13(11)16-10/h4-7,16H,8-9,15H2,1-3H3. The number of aromatic nitrogens is 1. The molecule has 3 N–H and O–H groups in total. The molecule has 0 amide bonds. The summed E-state index contributed by atoms with van der Waals surface area (Å²) in [6, 6.07) is 8.47. The predicted octanol–water partition coefficient (Wildman–Crippen LogP) is 3.00. The van der Waals surface area contributed by atoms with Crippen LogP contribution in [0.1, 0.15) is 25.1 Å². The van der Waals surface area contributed by atoms with Gasteiger partial charge in [-0.1, -0.05) is 32.0 Å². The van der Waals surface area contributed by atoms with Crippen LogP contribution in [0, 0.1) is 12.3 Å². The van der Waals surface area contributed by atoms with Crippen LogP contribution in [0.25, 0.3) is 10.9 Å². The molecule has 16 heavy (non-hydrogen) atoms. The van der Waals surface area contributed by atoms with Crippen LogP contribution in [0.3, 0.4) is 0 Å². The van der Waals surface area contributed by atoms with Crippen molar-refractivity contribution in [2.24, 2.45) is 11.1 Å². The highest BCUT2D eigenvalue weighted by Gasteiger charge is 2.19. The molecule has 1 aromatic heterocycles. The van der Waals surface area contributed by atoms with E-state index in [0.717, 1.165) is 6.42 Å². The van der Waals surface area contributed by atoms with Gasteiger partial charge in [-0.3, -0.25) is 0 Å². The molecular formula is C14H20N2. The summed E-state index contributed by atoms with van der Waals surface area (Å²) in [7, 11) is 0. The number of nitrogens with two attached hydrogens (primary N) is 1. The molecular weight excluding hydrogens is 196 g/mol. The highest BCUT2D eigenvalue weighted by molar-refractivity contribution is 5.84. The van der Waals surface area contributed by atoms with Crippen molar-refractivity contribution < 1.29 is 0 Å². The summed E-state index contributed by atoms with van der Waals surface area (Å²) in [4.78, 5) is 3.43. The zero-order valence-electron chi connectivity index (χ0n) is 10.3. The number of fused-ring (bicyclic) bond motifs is 1. The molecule has 0 fully saturated rings. The molecule has 2 heteroatoms. The van der Waals surface area contributed by atoms with E-state index in [2.05, 4.69) is 50.0 Å². The Morgan fingerprint density at radius 1 is 1.25 bits per heavy atom. The number of rotatable bonds is 3.